The number of rotatable bonds is 5. The molecule has 5 heteroatoms. The van der Waals surface area contributed by atoms with E-state index in [-0.39, 0.29) is 17.6 Å². The normalized spacial score (nSPS) is 24.4. The van der Waals surface area contributed by atoms with Gasteiger partial charge in [-0.25, -0.2) is 0 Å². The first-order valence-electron chi connectivity index (χ1n) is 10.2. The fourth-order valence-electron chi connectivity index (χ4n) is 4.45. The van der Waals surface area contributed by atoms with Crippen LogP contribution in [0, 0.1) is 6.92 Å². The minimum absolute atomic E-state index is 0.190. The molecule has 3 heterocycles. The van der Waals surface area contributed by atoms with Gasteiger partial charge in [0, 0.05) is 31.8 Å². The van der Waals surface area contributed by atoms with Crippen LogP contribution in [0.5, 0.6) is 0 Å². The number of aromatic nitrogens is 1. The minimum Gasteiger partial charge on any atom is -0.373 e. The van der Waals surface area contributed by atoms with Crippen molar-refractivity contribution >= 4 is 5.91 Å². The number of pyridine rings is 1. The quantitative estimate of drug-likeness (QED) is 0.744. The lowest BCUT2D eigenvalue weighted by Crippen LogP contribution is -2.67. The van der Waals surface area contributed by atoms with Gasteiger partial charge in [-0.3, -0.25) is 9.78 Å². The molecule has 0 N–H and O–H groups in total. The molecule has 1 aliphatic carbocycles. The van der Waals surface area contributed by atoms with Crippen LogP contribution < -0.4 is 0 Å². The van der Waals surface area contributed by atoms with E-state index < -0.39 is 0 Å². The summed E-state index contributed by atoms with van der Waals surface area (Å²) in [5.74, 6) is 0.256. The number of aryl methyl sites for hydroxylation is 1. The van der Waals surface area contributed by atoms with E-state index >= 15 is 0 Å². The van der Waals surface area contributed by atoms with Crippen LogP contribution >= 0.6 is 0 Å². The lowest BCUT2D eigenvalue weighted by Gasteiger charge is -2.53. The zero-order valence-electron chi connectivity index (χ0n) is 16.3. The van der Waals surface area contributed by atoms with Gasteiger partial charge in [-0.15, -0.1) is 0 Å². The van der Waals surface area contributed by atoms with Crippen molar-refractivity contribution in [2.45, 2.75) is 70.2 Å². The molecule has 0 bridgehead atoms. The molecule has 2 saturated heterocycles. The van der Waals surface area contributed by atoms with Crippen LogP contribution in [0.25, 0.3) is 0 Å². The highest BCUT2D eigenvalue weighted by Gasteiger charge is 2.49. The van der Waals surface area contributed by atoms with Crippen LogP contribution in [-0.2, 0) is 20.9 Å². The third-order valence-electron chi connectivity index (χ3n) is 5.94. The van der Waals surface area contributed by atoms with E-state index in [9.17, 15) is 4.79 Å². The molecule has 0 aromatic carbocycles. The summed E-state index contributed by atoms with van der Waals surface area (Å²) in [6, 6.07) is 2.12. The van der Waals surface area contributed by atoms with Crippen molar-refractivity contribution in [2.24, 2.45) is 0 Å². The summed E-state index contributed by atoms with van der Waals surface area (Å²) in [6.07, 6.45) is 13.3. The summed E-state index contributed by atoms with van der Waals surface area (Å²) in [7, 11) is 0. The number of carbonyl (C=O) groups is 1. The average Bonchev–Trinajstić information content (AvgIpc) is 2.65. The highest BCUT2D eigenvalue weighted by atomic mass is 16.5. The maximum atomic E-state index is 12.5. The van der Waals surface area contributed by atoms with Gasteiger partial charge in [0.2, 0.25) is 5.91 Å². The van der Waals surface area contributed by atoms with E-state index in [4.69, 9.17) is 9.47 Å². The summed E-state index contributed by atoms with van der Waals surface area (Å²) < 4.78 is 12.2. The molecule has 1 spiro atoms. The summed E-state index contributed by atoms with van der Waals surface area (Å²) in [5.41, 5.74) is 3.40. The Balaban J connectivity index is 1.25. The van der Waals surface area contributed by atoms with Gasteiger partial charge >= 0.3 is 0 Å². The number of hydrogen-bond acceptors (Lipinski definition) is 4. The molecule has 3 aliphatic rings. The first kappa shape index (κ1) is 18.6. The molecule has 1 aromatic rings. The fourth-order valence-corrected chi connectivity index (χ4v) is 4.45. The minimum atomic E-state index is -0.190. The molecular formula is C22H30N2O3. The second kappa shape index (κ2) is 8.11. The Bertz CT molecular complexity index is 709. The van der Waals surface area contributed by atoms with E-state index in [1.165, 1.54) is 18.4 Å². The van der Waals surface area contributed by atoms with Crippen molar-refractivity contribution in [3.63, 3.8) is 0 Å². The number of allylic oxidation sites excluding steroid dienone is 1. The molecule has 0 radical (unpaired) electrons. The van der Waals surface area contributed by atoms with Crippen LogP contribution in [0.4, 0.5) is 0 Å². The third-order valence-corrected chi connectivity index (χ3v) is 5.94. The third kappa shape index (κ3) is 4.58. The van der Waals surface area contributed by atoms with Crippen molar-refractivity contribution in [1.29, 1.82) is 0 Å². The second-order valence-corrected chi connectivity index (χ2v) is 8.36. The number of amides is 1. The molecular weight excluding hydrogens is 340 g/mol. The molecule has 0 saturated carbocycles. The molecule has 2 fully saturated rings. The molecule has 4 rings (SSSR count). The fraction of sp³-hybridized carbons (Fsp3) is 0.636. The number of nitrogens with zero attached hydrogens (tertiary/aromatic N) is 2. The van der Waals surface area contributed by atoms with Crippen LogP contribution in [0.1, 0.15) is 56.1 Å². The zero-order chi connectivity index (χ0) is 18.7. The maximum absolute atomic E-state index is 12.5. The lowest BCUT2D eigenvalue weighted by molar-refractivity contribution is -0.202. The van der Waals surface area contributed by atoms with Crippen LogP contribution in [0.15, 0.2) is 30.1 Å². The predicted molar refractivity (Wildman–Crippen MR) is 103 cm³/mol. The van der Waals surface area contributed by atoms with Gasteiger partial charge in [-0.1, -0.05) is 17.7 Å². The molecule has 2 aliphatic heterocycles. The SMILES string of the molecule is Cc1cncc(CO[C@H]2CCOC3(C2)CN(C(=O)CC2=CCCCC2)C3)c1. The van der Waals surface area contributed by atoms with Gasteiger partial charge in [0.05, 0.1) is 25.8 Å². The number of ether oxygens (including phenoxy) is 2. The standard InChI is InChI=1S/C22H30N2O3/c1-17-9-19(13-23-12-17)14-26-20-7-8-27-22(11-20)15-24(16-22)21(25)10-18-5-3-2-4-6-18/h5,9,12-13,20H,2-4,6-8,10-11,14-16H2,1H3/t20-/m0/s1. The predicted octanol–water partition coefficient (Wildman–Crippen LogP) is 3.56. The summed E-state index contributed by atoms with van der Waals surface area (Å²) in [4.78, 5) is 18.7. The Labute approximate surface area is 161 Å². The van der Waals surface area contributed by atoms with Gasteiger partial charge in [0.15, 0.2) is 0 Å². The van der Waals surface area contributed by atoms with Gasteiger partial charge in [0.1, 0.15) is 5.60 Å². The van der Waals surface area contributed by atoms with Gasteiger partial charge in [-0.2, -0.15) is 0 Å². The van der Waals surface area contributed by atoms with Crippen molar-refractivity contribution < 1.29 is 14.3 Å². The Morgan fingerprint density at radius 3 is 3.04 bits per heavy atom. The second-order valence-electron chi connectivity index (χ2n) is 8.36. The Hall–Kier alpha value is -1.72. The van der Waals surface area contributed by atoms with Crippen molar-refractivity contribution in [1.82, 2.24) is 9.88 Å². The van der Waals surface area contributed by atoms with Gasteiger partial charge < -0.3 is 14.4 Å². The Kier molecular flexibility index (Phi) is 5.60. The topological polar surface area (TPSA) is 51.7 Å². The first-order chi connectivity index (χ1) is 13.1. The maximum Gasteiger partial charge on any atom is 0.226 e. The molecule has 1 atom stereocenters. The molecule has 1 amide bonds. The molecule has 27 heavy (non-hydrogen) atoms. The average molecular weight is 370 g/mol. The van der Waals surface area contributed by atoms with Crippen LogP contribution in [-0.4, -0.2) is 47.2 Å². The molecule has 146 valence electrons. The number of hydrogen-bond donors (Lipinski definition) is 0. The van der Waals surface area contributed by atoms with Gasteiger partial charge in [-0.05, 0) is 50.2 Å². The lowest BCUT2D eigenvalue weighted by atomic mass is 9.84. The molecule has 5 nitrogen and oxygen atoms in total. The van der Waals surface area contributed by atoms with E-state index in [1.54, 1.807) is 0 Å². The zero-order valence-corrected chi connectivity index (χ0v) is 16.3. The monoisotopic (exact) mass is 370 g/mol. The van der Waals surface area contributed by atoms with Gasteiger partial charge in [0.25, 0.3) is 0 Å². The first-order valence-corrected chi connectivity index (χ1v) is 10.2. The molecule has 0 unspecified atom stereocenters. The van der Waals surface area contributed by atoms with Crippen molar-refractivity contribution in [2.75, 3.05) is 19.7 Å². The number of carbonyl (C=O) groups excluding carboxylic acids is 1. The highest BCUT2D eigenvalue weighted by molar-refractivity contribution is 5.80. The Morgan fingerprint density at radius 1 is 1.37 bits per heavy atom. The molecule has 1 aromatic heterocycles. The largest absolute Gasteiger partial charge is 0.373 e. The summed E-state index contributed by atoms with van der Waals surface area (Å²) >= 11 is 0. The van der Waals surface area contributed by atoms with Crippen molar-refractivity contribution in [3.8, 4) is 0 Å². The van der Waals surface area contributed by atoms with E-state index in [1.807, 2.05) is 24.2 Å². The Morgan fingerprint density at radius 2 is 2.26 bits per heavy atom. The van der Waals surface area contributed by atoms with E-state index in [2.05, 4.69) is 17.1 Å². The number of likely N-dealkylation sites (tertiary alicyclic amines) is 1. The van der Waals surface area contributed by atoms with Crippen LogP contribution in [0.3, 0.4) is 0 Å². The summed E-state index contributed by atoms with van der Waals surface area (Å²) in [5, 5.41) is 0. The van der Waals surface area contributed by atoms with Crippen molar-refractivity contribution in [3.05, 3.63) is 41.2 Å². The smallest absolute Gasteiger partial charge is 0.226 e. The summed E-state index contributed by atoms with van der Waals surface area (Å²) in [6.45, 7) is 4.77. The van der Waals surface area contributed by atoms with E-state index in [0.717, 1.165) is 36.8 Å². The van der Waals surface area contributed by atoms with E-state index in [0.29, 0.717) is 32.7 Å². The van der Waals surface area contributed by atoms with Crippen LogP contribution in [0.2, 0.25) is 0 Å². The highest BCUT2D eigenvalue weighted by Crippen LogP contribution is 2.36.